The summed E-state index contributed by atoms with van der Waals surface area (Å²) in [5.41, 5.74) is 0.770. The lowest BCUT2D eigenvalue weighted by atomic mass is 10.0. The molecule has 3 atom stereocenters. The lowest BCUT2D eigenvalue weighted by Gasteiger charge is -2.48. The minimum absolute atomic E-state index is 0.000992. The fourth-order valence-electron chi connectivity index (χ4n) is 6.12. The molecule has 4 aliphatic heterocycles. The Hall–Kier alpha value is -2.63. The van der Waals surface area contributed by atoms with Crippen LogP contribution in [0.4, 0.5) is 23.8 Å². The van der Waals surface area contributed by atoms with Gasteiger partial charge in [0.15, 0.2) is 0 Å². The molecule has 8 nitrogen and oxygen atoms in total. The van der Waals surface area contributed by atoms with Crippen molar-refractivity contribution in [2.75, 3.05) is 31.6 Å². The second-order valence-electron chi connectivity index (χ2n) is 10.3. The number of ether oxygens (including phenoxy) is 1. The first-order valence-electron chi connectivity index (χ1n) is 12.6. The maximum atomic E-state index is 14.7. The van der Waals surface area contributed by atoms with Crippen LogP contribution in [0.1, 0.15) is 54.6 Å². The molecule has 0 saturated carbocycles. The van der Waals surface area contributed by atoms with Crippen LogP contribution in [0.15, 0.2) is 18.2 Å². The third-order valence-corrected chi connectivity index (χ3v) is 8.16. The average molecular weight is 537 g/mol. The SMILES string of the molecule is C[C@@H](Nc1nc(Cl)nc2c1CN(C(=O)N1CC3CCC(C1)N3C1COC1)C2)c1cccc(C(F)F)c1F. The summed E-state index contributed by atoms with van der Waals surface area (Å²) >= 11 is 6.18. The highest BCUT2D eigenvalue weighted by Gasteiger charge is 2.47. The molecule has 2 aromatic rings. The van der Waals surface area contributed by atoms with Crippen molar-refractivity contribution in [3.63, 3.8) is 0 Å². The number of rotatable bonds is 5. The molecule has 2 amide bonds. The third kappa shape index (κ3) is 4.40. The van der Waals surface area contributed by atoms with Gasteiger partial charge in [0.2, 0.25) is 5.28 Å². The smallest absolute Gasteiger partial charge is 0.320 e. The second kappa shape index (κ2) is 9.59. The van der Waals surface area contributed by atoms with Gasteiger partial charge in [0.25, 0.3) is 6.43 Å². The predicted molar refractivity (Wildman–Crippen MR) is 130 cm³/mol. The highest BCUT2D eigenvalue weighted by atomic mass is 35.5. The molecule has 1 aromatic heterocycles. The van der Waals surface area contributed by atoms with E-state index in [1.807, 2.05) is 4.90 Å². The summed E-state index contributed by atoms with van der Waals surface area (Å²) in [5, 5.41) is 3.11. The van der Waals surface area contributed by atoms with E-state index in [1.165, 1.54) is 12.1 Å². The molecular formula is C25H28ClF3N6O2. The van der Waals surface area contributed by atoms with E-state index >= 15 is 0 Å². The van der Waals surface area contributed by atoms with Crippen LogP contribution in [0.25, 0.3) is 0 Å². The van der Waals surface area contributed by atoms with Gasteiger partial charge in [-0.2, -0.15) is 0 Å². The lowest BCUT2D eigenvalue weighted by molar-refractivity contribution is -0.0973. The van der Waals surface area contributed by atoms with E-state index < -0.39 is 23.8 Å². The standard InChI is InChI=1S/C25H28ClF3N6O2/c1-13(17-3-2-4-18(21(17)27)22(28)29)30-23-19-9-34(10-20(19)31-24(26)32-23)25(36)33-7-14-5-6-15(8-33)35(14)16-11-37-12-16/h2-4,13-16,22H,5-12H2,1H3,(H,30,31,32)/t13-,14?,15?/m1/s1. The van der Waals surface area contributed by atoms with Crippen LogP contribution in [-0.4, -0.2) is 75.1 Å². The Morgan fingerprint density at radius 1 is 1.08 bits per heavy atom. The zero-order chi connectivity index (χ0) is 25.8. The molecule has 12 heteroatoms. The van der Waals surface area contributed by atoms with Crippen molar-refractivity contribution in [1.82, 2.24) is 24.7 Å². The first-order valence-corrected chi connectivity index (χ1v) is 12.9. The monoisotopic (exact) mass is 536 g/mol. The number of benzene rings is 1. The van der Waals surface area contributed by atoms with E-state index in [0.717, 1.165) is 32.1 Å². The number of nitrogens with one attached hydrogen (secondary N) is 1. The maximum Gasteiger partial charge on any atom is 0.320 e. The van der Waals surface area contributed by atoms with Crippen LogP contribution in [0.3, 0.4) is 0 Å². The number of hydrogen-bond acceptors (Lipinski definition) is 6. The van der Waals surface area contributed by atoms with Gasteiger partial charge in [0.05, 0.1) is 49.6 Å². The van der Waals surface area contributed by atoms with Crippen molar-refractivity contribution in [3.05, 3.63) is 51.7 Å². The molecule has 2 bridgehead atoms. The van der Waals surface area contributed by atoms with Gasteiger partial charge in [-0.15, -0.1) is 0 Å². The number of aromatic nitrogens is 2. The summed E-state index contributed by atoms with van der Waals surface area (Å²) in [6, 6.07) is 4.39. The summed E-state index contributed by atoms with van der Waals surface area (Å²) in [4.78, 5) is 28.3. The highest BCUT2D eigenvalue weighted by Crippen LogP contribution is 2.36. The molecule has 2 unspecified atom stereocenters. The van der Waals surface area contributed by atoms with Crippen LogP contribution in [0.2, 0.25) is 5.28 Å². The molecule has 6 rings (SSSR count). The van der Waals surface area contributed by atoms with Gasteiger partial charge in [-0.05, 0) is 31.4 Å². The zero-order valence-electron chi connectivity index (χ0n) is 20.3. The quantitative estimate of drug-likeness (QED) is 0.572. The summed E-state index contributed by atoms with van der Waals surface area (Å²) in [6.45, 7) is 5.15. The molecular weight excluding hydrogens is 509 g/mol. The number of likely N-dealkylation sites (tertiary alicyclic amines) is 1. The number of carbonyl (C=O) groups excluding carboxylic acids is 1. The van der Waals surface area contributed by atoms with E-state index in [2.05, 4.69) is 20.2 Å². The largest absolute Gasteiger partial charge is 0.378 e. The minimum Gasteiger partial charge on any atom is -0.378 e. The van der Waals surface area contributed by atoms with E-state index in [9.17, 15) is 18.0 Å². The number of anilines is 1. The van der Waals surface area contributed by atoms with E-state index in [0.29, 0.717) is 54.8 Å². The minimum atomic E-state index is -2.91. The Labute approximate surface area is 217 Å². The number of alkyl halides is 2. The fourth-order valence-corrected chi connectivity index (χ4v) is 6.30. The molecule has 0 aliphatic carbocycles. The van der Waals surface area contributed by atoms with Crippen LogP contribution < -0.4 is 5.32 Å². The van der Waals surface area contributed by atoms with Crippen molar-refractivity contribution in [3.8, 4) is 0 Å². The number of halogens is 4. The summed E-state index contributed by atoms with van der Waals surface area (Å²) in [7, 11) is 0. The van der Waals surface area contributed by atoms with Crippen LogP contribution in [0.5, 0.6) is 0 Å². The van der Waals surface area contributed by atoms with E-state index in [-0.39, 0.29) is 23.4 Å². The summed E-state index contributed by atoms with van der Waals surface area (Å²) in [6.07, 6.45) is -0.744. The third-order valence-electron chi connectivity index (χ3n) is 7.99. The normalized spacial score (nSPS) is 24.4. The molecule has 3 fully saturated rings. The van der Waals surface area contributed by atoms with Crippen molar-refractivity contribution in [2.45, 2.75) is 63.4 Å². The number of carbonyl (C=O) groups is 1. The topological polar surface area (TPSA) is 73.8 Å². The fraction of sp³-hybridized carbons (Fsp3) is 0.560. The number of nitrogens with zero attached hydrogens (tertiary/aromatic N) is 5. The van der Waals surface area contributed by atoms with Crippen molar-refractivity contribution < 1.29 is 22.7 Å². The number of amides is 2. The lowest BCUT2D eigenvalue weighted by Crippen LogP contribution is -2.63. The number of piperazine rings is 1. The van der Waals surface area contributed by atoms with Crippen molar-refractivity contribution in [1.29, 1.82) is 0 Å². The van der Waals surface area contributed by atoms with Crippen LogP contribution in [-0.2, 0) is 17.8 Å². The Morgan fingerprint density at radius 3 is 2.43 bits per heavy atom. The molecule has 4 aliphatic rings. The van der Waals surface area contributed by atoms with Crippen LogP contribution in [0, 0.1) is 5.82 Å². The zero-order valence-corrected chi connectivity index (χ0v) is 21.1. The molecule has 1 aromatic carbocycles. The Balaban J connectivity index is 1.17. The predicted octanol–water partition coefficient (Wildman–Crippen LogP) is 4.36. The van der Waals surface area contributed by atoms with Gasteiger partial charge in [0.1, 0.15) is 11.6 Å². The molecule has 198 valence electrons. The van der Waals surface area contributed by atoms with Gasteiger partial charge in [-0.25, -0.2) is 27.9 Å². The highest BCUT2D eigenvalue weighted by molar-refractivity contribution is 6.28. The van der Waals surface area contributed by atoms with Gasteiger partial charge in [0, 0.05) is 36.3 Å². The molecule has 0 radical (unpaired) electrons. The number of hydrogen-bond donors (Lipinski definition) is 1. The molecule has 0 spiro atoms. The Kier molecular flexibility index (Phi) is 6.40. The van der Waals surface area contributed by atoms with E-state index in [1.54, 1.807) is 11.8 Å². The van der Waals surface area contributed by atoms with Gasteiger partial charge in [-0.1, -0.05) is 18.2 Å². The van der Waals surface area contributed by atoms with Gasteiger partial charge >= 0.3 is 6.03 Å². The maximum absolute atomic E-state index is 14.7. The first-order chi connectivity index (χ1) is 17.8. The van der Waals surface area contributed by atoms with Crippen molar-refractivity contribution in [2.24, 2.45) is 0 Å². The number of urea groups is 1. The Morgan fingerprint density at radius 2 is 1.78 bits per heavy atom. The number of fused-ring (bicyclic) bond motifs is 3. The molecule has 3 saturated heterocycles. The van der Waals surface area contributed by atoms with Gasteiger partial charge in [-0.3, -0.25) is 4.90 Å². The van der Waals surface area contributed by atoms with E-state index in [4.69, 9.17) is 16.3 Å². The molecule has 1 N–H and O–H groups in total. The first kappa shape index (κ1) is 24.7. The molecule has 37 heavy (non-hydrogen) atoms. The van der Waals surface area contributed by atoms with Gasteiger partial charge < -0.3 is 19.9 Å². The van der Waals surface area contributed by atoms with Crippen LogP contribution >= 0.6 is 11.6 Å². The summed E-state index contributed by atoms with van der Waals surface area (Å²) in [5.74, 6) is -0.581. The van der Waals surface area contributed by atoms with Crippen molar-refractivity contribution >= 4 is 23.4 Å². The second-order valence-corrected chi connectivity index (χ2v) is 10.6. The average Bonchev–Trinajstić information content (AvgIpc) is 3.34. The molecule has 5 heterocycles. The Bertz CT molecular complexity index is 1200. The summed E-state index contributed by atoms with van der Waals surface area (Å²) < 4.78 is 46.5.